The van der Waals surface area contributed by atoms with Gasteiger partial charge in [0.1, 0.15) is 5.60 Å². The fraction of sp³-hybridized carbons (Fsp3) is 0.600. The Balaban J connectivity index is 1.64. The van der Waals surface area contributed by atoms with Crippen LogP contribution in [-0.4, -0.2) is 52.7 Å². The molecule has 0 bridgehead atoms. The van der Waals surface area contributed by atoms with Crippen LogP contribution < -0.4 is 10.6 Å². The molecule has 5 nitrogen and oxygen atoms in total. The summed E-state index contributed by atoms with van der Waals surface area (Å²) in [6, 6.07) is 2.20. The first-order chi connectivity index (χ1) is 11.8. The Kier molecular flexibility index (Phi) is 5.13. The molecule has 0 radical (unpaired) electrons. The van der Waals surface area contributed by atoms with E-state index in [0.717, 1.165) is 56.6 Å². The Bertz CT molecular complexity index is 756. The van der Waals surface area contributed by atoms with Gasteiger partial charge in [-0.1, -0.05) is 12.2 Å². The van der Waals surface area contributed by atoms with E-state index in [1.54, 1.807) is 0 Å². The highest BCUT2D eigenvalue weighted by molar-refractivity contribution is 5.68. The predicted octanol–water partition coefficient (Wildman–Crippen LogP) is 1.80. The number of aryl methyl sites for hydroxylation is 1. The second kappa shape index (κ2) is 7.16. The van der Waals surface area contributed by atoms with Gasteiger partial charge in [-0.25, -0.2) is 4.79 Å². The Morgan fingerprint density at radius 3 is 2.52 bits per heavy atom. The molecule has 136 valence electrons. The largest absolute Gasteiger partial charge is 0.444 e. The third kappa shape index (κ3) is 4.60. The molecule has 0 atom stereocenters. The van der Waals surface area contributed by atoms with Crippen LogP contribution in [-0.2, 0) is 11.3 Å². The highest BCUT2D eigenvalue weighted by atomic mass is 16.6. The molecule has 0 spiro atoms. The van der Waals surface area contributed by atoms with E-state index in [1.165, 1.54) is 10.8 Å². The van der Waals surface area contributed by atoms with Gasteiger partial charge in [-0.2, -0.15) is 0 Å². The van der Waals surface area contributed by atoms with Crippen LogP contribution >= 0.6 is 0 Å². The van der Waals surface area contributed by atoms with Gasteiger partial charge in [0.2, 0.25) is 0 Å². The number of ether oxygens (including phenoxy) is 1. The number of pyridine rings is 1. The van der Waals surface area contributed by atoms with Gasteiger partial charge in [0.25, 0.3) is 0 Å². The van der Waals surface area contributed by atoms with Crippen LogP contribution in [0, 0.1) is 6.92 Å². The fourth-order valence-electron chi connectivity index (χ4n) is 3.40. The zero-order valence-electron chi connectivity index (χ0n) is 15.8. The predicted molar refractivity (Wildman–Crippen MR) is 99.5 cm³/mol. The van der Waals surface area contributed by atoms with Gasteiger partial charge in [-0.15, -0.1) is 0 Å². The van der Waals surface area contributed by atoms with E-state index in [0.29, 0.717) is 0 Å². The summed E-state index contributed by atoms with van der Waals surface area (Å²) in [5.41, 5.74) is 1.99. The number of amides is 1. The standard InChI is InChI=1S/C20H29N3O2/c1-15-13-16(17-7-5-6-8-18(17)21-15)14-22-9-11-23(12-10-22)19(24)25-20(2,3)4/h7-8,13H,5-6,9-12,14H2,1-4H3. The maximum atomic E-state index is 12.2. The van der Waals surface area contributed by atoms with Crippen molar-refractivity contribution >= 4 is 18.2 Å². The van der Waals surface area contributed by atoms with E-state index in [-0.39, 0.29) is 6.09 Å². The molecule has 2 aliphatic rings. The zero-order valence-corrected chi connectivity index (χ0v) is 15.8. The normalized spacial score (nSPS) is 18.2. The van der Waals surface area contributed by atoms with Crippen molar-refractivity contribution < 1.29 is 9.53 Å². The van der Waals surface area contributed by atoms with E-state index in [9.17, 15) is 4.79 Å². The SMILES string of the molecule is Cc1cc(CN2CCN(C(=O)OC(C)(C)C)CC2)c2c(n1)=CCCC=2. The highest BCUT2D eigenvalue weighted by Crippen LogP contribution is 2.13. The minimum Gasteiger partial charge on any atom is -0.444 e. The Hall–Kier alpha value is -1.88. The Labute approximate surface area is 150 Å². The zero-order chi connectivity index (χ0) is 18.0. The van der Waals surface area contributed by atoms with Crippen LogP contribution in [0.1, 0.15) is 44.9 Å². The molecular formula is C20H29N3O2. The quantitative estimate of drug-likeness (QED) is 0.821. The Morgan fingerprint density at radius 1 is 1.16 bits per heavy atom. The van der Waals surface area contributed by atoms with Gasteiger partial charge in [0.05, 0.1) is 5.35 Å². The summed E-state index contributed by atoms with van der Waals surface area (Å²) in [5, 5.41) is 2.43. The smallest absolute Gasteiger partial charge is 0.410 e. The number of carbonyl (C=O) groups excluding carboxylic acids is 1. The molecule has 1 fully saturated rings. The molecule has 3 rings (SSSR count). The van der Waals surface area contributed by atoms with E-state index in [4.69, 9.17) is 4.74 Å². The second-order valence-corrected chi connectivity index (χ2v) is 7.95. The first kappa shape index (κ1) is 17.9. The van der Waals surface area contributed by atoms with Gasteiger partial charge in [0.15, 0.2) is 0 Å². The van der Waals surface area contributed by atoms with Crippen LogP contribution in [0.4, 0.5) is 4.79 Å². The number of nitrogens with zero attached hydrogens (tertiary/aromatic N) is 3. The summed E-state index contributed by atoms with van der Waals surface area (Å²) in [4.78, 5) is 21.1. The molecule has 0 unspecified atom stereocenters. The lowest BCUT2D eigenvalue weighted by molar-refractivity contribution is 0.0139. The number of hydrogen-bond acceptors (Lipinski definition) is 4. The molecule has 25 heavy (non-hydrogen) atoms. The van der Waals surface area contributed by atoms with Gasteiger partial charge in [0, 0.05) is 43.6 Å². The van der Waals surface area contributed by atoms with Crippen LogP contribution in [0.3, 0.4) is 0 Å². The molecule has 1 aliphatic heterocycles. The molecule has 1 aromatic rings. The minimum atomic E-state index is -0.436. The lowest BCUT2D eigenvalue weighted by atomic mass is 10.1. The van der Waals surface area contributed by atoms with Crippen molar-refractivity contribution in [3.8, 4) is 0 Å². The number of carbonyl (C=O) groups is 1. The van der Waals surface area contributed by atoms with Crippen LogP contribution in [0.2, 0.25) is 0 Å². The number of piperazine rings is 1. The Morgan fingerprint density at radius 2 is 1.84 bits per heavy atom. The maximum Gasteiger partial charge on any atom is 0.410 e. The molecule has 5 heteroatoms. The number of fused-ring (bicyclic) bond motifs is 1. The number of hydrogen-bond donors (Lipinski definition) is 0. The van der Waals surface area contributed by atoms with Gasteiger partial charge in [-0.3, -0.25) is 9.88 Å². The molecular weight excluding hydrogens is 314 g/mol. The van der Waals surface area contributed by atoms with Crippen molar-refractivity contribution in [3.63, 3.8) is 0 Å². The summed E-state index contributed by atoms with van der Waals surface area (Å²) in [6.45, 7) is 11.9. The van der Waals surface area contributed by atoms with Crippen molar-refractivity contribution in [3.05, 3.63) is 27.9 Å². The van der Waals surface area contributed by atoms with Crippen molar-refractivity contribution in [2.24, 2.45) is 0 Å². The van der Waals surface area contributed by atoms with Crippen LogP contribution in [0.25, 0.3) is 12.2 Å². The molecule has 1 saturated heterocycles. The molecule has 0 aromatic carbocycles. The average molecular weight is 343 g/mol. The number of rotatable bonds is 2. The molecule has 1 aromatic heterocycles. The first-order valence-electron chi connectivity index (χ1n) is 9.19. The summed E-state index contributed by atoms with van der Waals surface area (Å²) in [6.07, 6.45) is 6.53. The molecule has 0 N–H and O–H groups in total. The lowest BCUT2D eigenvalue weighted by Crippen LogP contribution is -2.50. The van der Waals surface area contributed by atoms with Crippen molar-refractivity contribution in [2.45, 2.75) is 52.7 Å². The molecule has 0 saturated carbocycles. The van der Waals surface area contributed by atoms with Gasteiger partial charge in [-0.05, 0) is 52.2 Å². The summed E-state index contributed by atoms with van der Waals surface area (Å²) >= 11 is 0. The summed E-state index contributed by atoms with van der Waals surface area (Å²) < 4.78 is 5.47. The third-order valence-electron chi connectivity index (χ3n) is 4.57. The van der Waals surface area contributed by atoms with E-state index < -0.39 is 5.60 Å². The van der Waals surface area contributed by atoms with Gasteiger partial charge >= 0.3 is 6.09 Å². The topological polar surface area (TPSA) is 45.7 Å². The van der Waals surface area contributed by atoms with E-state index >= 15 is 0 Å². The average Bonchev–Trinajstić information content (AvgIpc) is 2.53. The van der Waals surface area contributed by atoms with Gasteiger partial charge < -0.3 is 9.64 Å². The fourth-order valence-corrected chi connectivity index (χ4v) is 3.40. The lowest BCUT2D eigenvalue weighted by Gasteiger charge is -2.35. The minimum absolute atomic E-state index is 0.202. The van der Waals surface area contributed by atoms with Crippen LogP contribution in [0.5, 0.6) is 0 Å². The third-order valence-corrected chi connectivity index (χ3v) is 4.57. The van der Waals surface area contributed by atoms with Crippen molar-refractivity contribution in [1.82, 2.24) is 14.8 Å². The van der Waals surface area contributed by atoms with Crippen molar-refractivity contribution in [2.75, 3.05) is 26.2 Å². The van der Waals surface area contributed by atoms with E-state index in [1.807, 2.05) is 25.7 Å². The van der Waals surface area contributed by atoms with E-state index in [2.05, 4.69) is 35.0 Å². The summed E-state index contributed by atoms with van der Waals surface area (Å²) in [5.74, 6) is 0. The molecule has 1 aliphatic carbocycles. The highest BCUT2D eigenvalue weighted by Gasteiger charge is 2.26. The monoisotopic (exact) mass is 343 g/mol. The summed E-state index contributed by atoms with van der Waals surface area (Å²) in [7, 11) is 0. The van der Waals surface area contributed by atoms with Crippen molar-refractivity contribution in [1.29, 1.82) is 0 Å². The molecule has 2 heterocycles. The van der Waals surface area contributed by atoms with Crippen LogP contribution in [0.15, 0.2) is 6.07 Å². The number of aromatic nitrogens is 1. The first-order valence-corrected chi connectivity index (χ1v) is 9.19. The maximum absolute atomic E-state index is 12.2. The second-order valence-electron chi connectivity index (χ2n) is 7.95. The molecule has 1 amide bonds.